The van der Waals surface area contributed by atoms with Gasteiger partial charge in [-0.05, 0) is 0 Å². The van der Waals surface area contributed by atoms with Crippen molar-refractivity contribution in [3.05, 3.63) is 12.2 Å². The fraction of sp³-hybridized carbons (Fsp3) is 0.600. The summed E-state index contributed by atoms with van der Waals surface area (Å²) in [6, 6.07) is 0. The van der Waals surface area contributed by atoms with E-state index in [2.05, 4.69) is 19.9 Å². The van der Waals surface area contributed by atoms with Crippen LogP contribution in [0.4, 0.5) is 0 Å². The van der Waals surface area contributed by atoms with Gasteiger partial charge in [-0.25, -0.2) is 9.59 Å². The van der Waals surface area contributed by atoms with E-state index >= 15 is 0 Å². The van der Waals surface area contributed by atoms with E-state index in [1.807, 2.05) is 0 Å². The van der Waals surface area contributed by atoms with E-state index in [1.54, 1.807) is 0 Å². The highest BCUT2D eigenvalue weighted by molar-refractivity contribution is 6.04. The van der Waals surface area contributed by atoms with Crippen LogP contribution in [0.3, 0.4) is 0 Å². The molecule has 0 bridgehead atoms. The van der Waals surface area contributed by atoms with Crippen molar-refractivity contribution in [3.63, 3.8) is 0 Å². The molecule has 2 heterocycles. The maximum Gasteiger partial charge on any atom is 0.338 e. The number of cyclic esters (lactones) is 2. The highest BCUT2D eigenvalue weighted by Gasteiger charge is 2.10. The topological polar surface area (TPSA) is 136 Å². The molecule has 0 amide bonds. The third-order valence-corrected chi connectivity index (χ3v) is 1.40. The van der Waals surface area contributed by atoms with E-state index in [0.717, 1.165) is 25.4 Å². The number of rotatable bonds is 4. The number of carbonyl (C=O) groups excluding carboxylic acids is 2. The molecule has 18 heavy (non-hydrogen) atoms. The van der Waals surface area contributed by atoms with Crippen LogP contribution in [0, 0.1) is 0 Å². The number of hydrogen-bond acceptors (Lipinski definition) is 7. The van der Waals surface area contributed by atoms with Crippen LogP contribution in [-0.4, -0.2) is 56.3 Å². The molecule has 0 aromatic rings. The Morgan fingerprint density at radius 3 is 2.11 bits per heavy atom. The number of aliphatic hydroxyl groups excluding tert-OH is 1. The van der Waals surface area contributed by atoms with Gasteiger partial charge in [0.2, 0.25) is 6.23 Å². The Labute approximate surface area is 104 Å². The number of ether oxygens (including phenoxy) is 3. The van der Waals surface area contributed by atoms with E-state index in [4.69, 9.17) is 5.11 Å². The zero-order chi connectivity index (χ0) is 13.8. The second-order valence-electron chi connectivity index (χ2n) is 3.07. The van der Waals surface area contributed by atoms with Crippen molar-refractivity contribution in [2.45, 2.75) is 6.23 Å². The van der Waals surface area contributed by atoms with Crippen LogP contribution in [0.5, 0.6) is 0 Å². The van der Waals surface area contributed by atoms with Gasteiger partial charge in [-0.15, -0.1) is 6.61 Å². The summed E-state index contributed by atoms with van der Waals surface area (Å²) in [7, 11) is 0. The van der Waals surface area contributed by atoms with Crippen LogP contribution < -0.4 is 10.8 Å². The fourth-order valence-electron chi connectivity index (χ4n) is 0.571. The number of aliphatic hydroxyl groups is 1. The number of esters is 2. The van der Waals surface area contributed by atoms with Gasteiger partial charge in [0.25, 0.3) is 0 Å². The first-order chi connectivity index (χ1) is 8.60. The van der Waals surface area contributed by atoms with Crippen molar-refractivity contribution >= 4 is 11.9 Å². The minimum absolute atomic E-state index is 0.125. The van der Waals surface area contributed by atoms with E-state index in [1.165, 1.54) is 0 Å². The van der Waals surface area contributed by atoms with Gasteiger partial charge in [-0.3, -0.25) is 0 Å². The Balaban J connectivity index is 0.000000261. The zero-order valence-electron chi connectivity index (χ0n) is 9.87. The summed E-state index contributed by atoms with van der Waals surface area (Å²) in [5.41, 5.74) is 3.38. The molecule has 1 atom stereocenters. The van der Waals surface area contributed by atoms with Gasteiger partial charge in [0.15, 0.2) is 0 Å². The average molecular weight is 263 g/mol. The van der Waals surface area contributed by atoms with Crippen molar-refractivity contribution in [1.82, 2.24) is 0 Å². The molecule has 4 N–H and O–H groups in total. The number of quaternary nitrogens is 1. The summed E-state index contributed by atoms with van der Waals surface area (Å²) in [6.45, 7) is 1.74. The molecule has 0 spiro atoms. The minimum Gasteiger partial charge on any atom is -0.853 e. The molecule has 8 heteroatoms. The third kappa shape index (κ3) is 12.7. The minimum atomic E-state index is -0.579. The molecular formula is C10H17NO7. The lowest BCUT2D eigenvalue weighted by Gasteiger charge is -2.07. The third-order valence-electron chi connectivity index (χ3n) is 1.40. The maximum atomic E-state index is 9.92. The summed E-state index contributed by atoms with van der Waals surface area (Å²) in [4.78, 5) is 19.8. The van der Waals surface area contributed by atoms with Gasteiger partial charge >= 0.3 is 11.9 Å². The Bertz CT molecular complexity index is 259. The van der Waals surface area contributed by atoms with Gasteiger partial charge in [0.1, 0.15) is 6.61 Å². The number of carbonyl (C=O) groups is 2. The zero-order valence-corrected chi connectivity index (χ0v) is 9.87. The van der Waals surface area contributed by atoms with Gasteiger partial charge < -0.3 is 30.2 Å². The SMILES string of the molecule is C1CO1.O=C1C=CC(=O)O1.[NH3+]C(CO)OCC[O-]. The second kappa shape index (κ2) is 10.8. The Morgan fingerprint density at radius 1 is 1.39 bits per heavy atom. The average Bonchev–Trinajstić information content (AvgIpc) is 3.19. The normalized spacial score (nSPS) is 17.1. The maximum absolute atomic E-state index is 9.92. The first-order valence-corrected chi connectivity index (χ1v) is 5.25. The molecule has 1 fully saturated rings. The lowest BCUT2D eigenvalue weighted by molar-refractivity contribution is -0.502. The quantitative estimate of drug-likeness (QED) is 0.233. The van der Waals surface area contributed by atoms with Gasteiger partial charge in [-0.1, -0.05) is 0 Å². The molecule has 2 aliphatic heterocycles. The van der Waals surface area contributed by atoms with Crippen molar-refractivity contribution in [2.75, 3.05) is 33.0 Å². The Hall–Kier alpha value is -1.32. The van der Waals surface area contributed by atoms with E-state index in [0.29, 0.717) is 0 Å². The van der Waals surface area contributed by atoms with Gasteiger partial charge in [-0.2, -0.15) is 0 Å². The van der Waals surface area contributed by atoms with Crippen molar-refractivity contribution in [2.24, 2.45) is 0 Å². The lowest BCUT2D eigenvalue weighted by atomic mass is 10.6. The molecule has 1 saturated heterocycles. The molecule has 104 valence electrons. The van der Waals surface area contributed by atoms with Gasteiger partial charge in [0, 0.05) is 18.8 Å². The first-order valence-electron chi connectivity index (χ1n) is 5.25. The van der Waals surface area contributed by atoms with Crippen LogP contribution in [0.1, 0.15) is 0 Å². The molecule has 2 rings (SSSR count). The summed E-state index contributed by atoms with van der Waals surface area (Å²) in [5, 5.41) is 18.0. The molecule has 0 radical (unpaired) electrons. The molecule has 0 aromatic heterocycles. The van der Waals surface area contributed by atoms with E-state index < -0.39 is 18.2 Å². The molecule has 1 unspecified atom stereocenters. The Kier molecular flexibility index (Phi) is 10.0. The van der Waals surface area contributed by atoms with Crippen LogP contribution in [0.25, 0.3) is 0 Å². The predicted molar refractivity (Wildman–Crippen MR) is 55.6 cm³/mol. The van der Waals surface area contributed by atoms with Crippen LogP contribution >= 0.6 is 0 Å². The van der Waals surface area contributed by atoms with E-state index in [9.17, 15) is 14.7 Å². The van der Waals surface area contributed by atoms with Crippen LogP contribution in [0.15, 0.2) is 12.2 Å². The highest BCUT2D eigenvalue weighted by Crippen LogP contribution is 1.92. The number of epoxide rings is 1. The van der Waals surface area contributed by atoms with Crippen molar-refractivity contribution < 1.29 is 39.7 Å². The summed E-state index contributed by atoms with van der Waals surface area (Å²) in [6.07, 6.45) is 1.73. The monoisotopic (exact) mass is 263 g/mol. The molecule has 0 saturated carbocycles. The summed E-state index contributed by atoms with van der Waals surface area (Å²) < 4.78 is 13.1. The summed E-state index contributed by atoms with van der Waals surface area (Å²) in [5.74, 6) is -1.16. The Morgan fingerprint density at radius 2 is 1.89 bits per heavy atom. The smallest absolute Gasteiger partial charge is 0.338 e. The molecule has 2 aliphatic rings. The summed E-state index contributed by atoms with van der Waals surface area (Å²) >= 11 is 0. The largest absolute Gasteiger partial charge is 0.853 e. The molecule has 0 aromatic carbocycles. The highest BCUT2D eigenvalue weighted by atomic mass is 16.6. The molecule has 0 aliphatic carbocycles. The van der Waals surface area contributed by atoms with Crippen LogP contribution in [0.2, 0.25) is 0 Å². The predicted octanol–water partition coefficient (Wildman–Crippen LogP) is -3.43. The molecule has 8 nitrogen and oxygen atoms in total. The fourth-order valence-corrected chi connectivity index (χ4v) is 0.571. The van der Waals surface area contributed by atoms with E-state index in [-0.39, 0.29) is 19.8 Å². The van der Waals surface area contributed by atoms with Crippen LogP contribution in [-0.2, 0) is 23.8 Å². The number of hydrogen-bond donors (Lipinski definition) is 2. The first kappa shape index (κ1) is 16.7. The second-order valence-corrected chi connectivity index (χ2v) is 3.07. The standard InChI is InChI=1S/C4H10NO3.C4H2O3.C2H4O/c5-4(3-7)8-2-1-6;5-3-1-2-4(6)7-3;1-2-3-1/h4,7H,1-3,5H2;1-2H;1-2H2/q-1;;/p+1. The van der Waals surface area contributed by atoms with Gasteiger partial charge in [0.05, 0.1) is 13.2 Å². The van der Waals surface area contributed by atoms with Crippen molar-refractivity contribution in [3.8, 4) is 0 Å². The van der Waals surface area contributed by atoms with Crippen molar-refractivity contribution in [1.29, 1.82) is 0 Å². The molecular weight excluding hydrogens is 246 g/mol. The lowest BCUT2D eigenvalue weighted by Crippen LogP contribution is -2.64.